The van der Waals surface area contributed by atoms with Gasteiger partial charge in [-0.3, -0.25) is 4.79 Å². The normalized spacial score (nSPS) is 20.6. The third-order valence-corrected chi connectivity index (χ3v) is 5.48. The summed E-state index contributed by atoms with van der Waals surface area (Å²) in [5.41, 5.74) is 1.70. The monoisotopic (exact) mass is 461 g/mol. The fourth-order valence-corrected chi connectivity index (χ4v) is 3.98. The van der Waals surface area contributed by atoms with Gasteiger partial charge in [0, 0.05) is 17.0 Å². The quantitative estimate of drug-likeness (QED) is 0.471. The van der Waals surface area contributed by atoms with Crippen LogP contribution in [-0.4, -0.2) is 40.1 Å². The zero-order chi connectivity index (χ0) is 21.7. The number of hydrogen-bond donors (Lipinski definition) is 0. The molecule has 0 unspecified atom stereocenters. The molecule has 7 nitrogen and oxygen atoms in total. The lowest BCUT2D eigenvalue weighted by Crippen LogP contribution is -2.35. The van der Waals surface area contributed by atoms with Gasteiger partial charge in [0.1, 0.15) is 31.9 Å². The molecule has 1 aliphatic rings. The highest BCUT2D eigenvalue weighted by molar-refractivity contribution is 6.35. The van der Waals surface area contributed by atoms with Gasteiger partial charge >= 0.3 is 5.97 Å². The fourth-order valence-electron chi connectivity index (χ4n) is 3.43. The lowest BCUT2D eigenvalue weighted by Gasteiger charge is -2.29. The third-order valence-electron chi connectivity index (χ3n) is 4.93. The molecule has 1 saturated heterocycles. The van der Waals surface area contributed by atoms with Crippen LogP contribution in [-0.2, 0) is 37.8 Å². The molecule has 0 saturated carbocycles. The van der Waals surface area contributed by atoms with Crippen molar-refractivity contribution in [2.75, 3.05) is 13.2 Å². The molecule has 3 aromatic rings. The summed E-state index contributed by atoms with van der Waals surface area (Å²) < 4.78 is 19.3. The van der Waals surface area contributed by atoms with Crippen LogP contribution in [0, 0.1) is 0 Å². The summed E-state index contributed by atoms with van der Waals surface area (Å²) in [5.74, 6) is -1.48. The summed E-state index contributed by atoms with van der Waals surface area (Å²) >= 11 is 12.5. The Morgan fingerprint density at radius 2 is 2.06 bits per heavy atom. The molecule has 2 atom stereocenters. The van der Waals surface area contributed by atoms with Gasteiger partial charge in [0.05, 0.1) is 11.6 Å². The summed E-state index contributed by atoms with van der Waals surface area (Å²) in [4.78, 5) is 16.1. The number of aromatic nitrogens is 3. The van der Waals surface area contributed by atoms with Crippen LogP contribution in [0.25, 0.3) is 0 Å². The van der Waals surface area contributed by atoms with E-state index >= 15 is 0 Å². The van der Waals surface area contributed by atoms with Crippen molar-refractivity contribution in [1.29, 1.82) is 0 Å². The Kier molecular flexibility index (Phi) is 6.87. The second-order valence-corrected chi connectivity index (χ2v) is 8.03. The standard InChI is InChI=1S/C22H21Cl2N3O4/c23-17-7-8-19(20(24)10-17)22(13-27-15-25-14-26-27)30-12-18(31-22)11-29-21(28)9-6-16-4-2-1-3-5-16/h1-5,7-8,10,14-15,18H,6,9,11-13H2/t18-,22-/m0/s1. The van der Waals surface area contributed by atoms with Crippen LogP contribution < -0.4 is 0 Å². The van der Waals surface area contributed by atoms with Crippen LogP contribution in [0.2, 0.25) is 10.0 Å². The summed E-state index contributed by atoms with van der Waals surface area (Å²) in [7, 11) is 0. The molecule has 1 aromatic heterocycles. The molecule has 162 valence electrons. The van der Waals surface area contributed by atoms with Crippen LogP contribution in [0.5, 0.6) is 0 Å². The number of nitrogens with zero attached hydrogens (tertiary/aromatic N) is 3. The first kappa shape index (κ1) is 21.8. The SMILES string of the molecule is O=C(CCc1ccccc1)OC[C@H]1CO[C@](Cn2cncn2)(c2ccc(Cl)cc2Cl)O1. The molecule has 1 aliphatic heterocycles. The van der Waals surface area contributed by atoms with Gasteiger partial charge in [-0.15, -0.1) is 0 Å². The van der Waals surface area contributed by atoms with Crippen LogP contribution >= 0.6 is 23.2 Å². The largest absolute Gasteiger partial charge is 0.463 e. The maximum Gasteiger partial charge on any atom is 0.306 e. The maximum absolute atomic E-state index is 12.2. The maximum atomic E-state index is 12.2. The van der Waals surface area contributed by atoms with Gasteiger partial charge < -0.3 is 14.2 Å². The van der Waals surface area contributed by atoms with Crippen molar-refractivity contribution in [3.8, 4) is 0 Å². The first-order valence-corrected chi connectivity index (χ1v) is 10.6. The van der Waals surface area contributed by atoms with Crippen LogP contribution in [0.3, 0.4) is 0 Å². The average molecular weight is 462 g/mol. The second kappa shape index (κ2) is 9.78. The van der Waals surface area contributed by atoms with Crippen LogP contribution in [0.4, 0.5) is 0 Å². The first-order chi connectivity index (χ1) is 15.0. The van der Waals surface area contributed by atoms with Gasteiger partial charge in [0.2, 0.25) is 5.79 Å². The molecule has 2 aromatic carbocycles. The Hall–Kier alpha value is -2.45. The van der Waals surface area contributed by atoms with Crippen LogP contribution in [0.1, 0.15) is 17.5 Å². The van der Waals surface area contributed by atoms with E-state index in [1.807, 2.05) is 30.3 Å². The lowest BCUT2D eigenvalue weighted by atomic mass is 10.1. The Morgan fingerprint density at radius 1 is 1.23 bits per heavy atom. The second-order valence-electron chi connectivity index (χ2n) is 7.19. The summed E-state index contributed by atoms with van der Waals surface area (Å²) in [5, 5.41) is 5.06. The zero-order valence-corrected chi connectivity index (χ0v) is 18.1. The lowest BCUT2D eigenvalue weighted by molar-refractivity contribution is -0.194. The fraction of sp³-hybridized carbons (Fsp3) is 0.318. The number of halogens is 2. The van der Waals surface area contributed by atoms with Gasteiger partial charge in [-0.1, -0.05) is 59.6 Å². The molecule has 4 rings (SSSR count). The number of esters is 1. The van der Waals surface area contributed by atoms with Gasteiger partial charge in [0.25, 0.3) is 0 Å². The van der Waals surface area contributed by atoms with E-state index in [4.69, 9.17) is 37.4 Å². The number of ether oxygens (including phenoxy) is 3. The van der Waals surface area contributed by atoms with Crippen LogP contribution in [0.15, 0.2) is 61.2 Å². The smallest absolute Gasteiger partial charge is 0.306 e. The Balaban J connectivity index is 1.40. The molecule has 0 aliphatic carbocycles. The zero-order valence-electron chi connectivity index (χ0n) is 16.6. The number of carbonyl (C=O) groups is 1. The molecule has 0 bridgehead atoms. The Bertz CT molecular complexity index is 1020. The van der Waals surface area contributed by atoms with E-state index in [1.165, 1.54) is 6.33 Å². The molecule has 0 N–H and O–H groups in total. The van der Waals surface area contributed by atoms with Gasteiger partial charge in [-0.25, -0.2) is 9.67 Å². The molecule has 2 heterocycles. The predicted octanol–water partition coefficient (Wildman–Crippen LogP) is 4.03. The van der Waals surface area contributed by atoms with E-state index in [9.17, 15) is 4.79 Å². The van der Waals surface area contributed by atoms with E-state index < -0.39 is 11.9 Å². The summed E-state index contributed by atoms with van der Waals surface area (Å²) in [6.45, 7) is 0.546. The molecular weight excluding hydrogens is 441 g/mol. The predicted molar refractivity (Wildman–Crippen MR) is 115 cm³/mol. The Morgan fingerprint density at radius 3 is 2.81 bits per heavy atom. The summed E-state index contributed by atoms with van der Waals surface area (Å²) in [6.07, 6.45) is 3.46. The van der Waals surface area contributed by atoms with Gasteiger partial charge in [-0.05, 0) is 24.1 Å². The van der Waals surface area contributed by atoms with Crippen molar-refractivity contribution in [3.63, 3.8) is 0 Å². The number of aryl methyl sites for hydroxylation is 1. The van der Waals surface area contributed by atoms with Crippen molar-refractivity contribution in [2.45, 2.75) is 31.3 Å². The van der Waals surface area contributed by atoms with Crippen molar-refractivity contribution in [3.05, 3.63) is 82.4 Å². The minimum atomic E-state index is -1.20. The highest BCUT2D eigenvalue weighted by Gasteiger charge is 2.45. The molecule has 0 radical (unpaired) electrons. The van der Waals surface area contributed by atoms with Crippen molar-refractivity contribution in [1.82, 2.24) is 14.8 Å². The van der Waals surface area contributed by atoms with Crippen molar-refractivity contribution >= 4 is 29.2 Å². The third kappa shape index (κ3) is 5.43. The van der Waals surface area contributed by atoms with E-state index in [0.717, 1.165) is 5.56 Å². The number of rotatable bonds is 8. The highest BCUT2D eigenvalue weighted by Crippen LogP contribution is 2.40. The van der Waals surface area contributed by atoms with Gasteiger partial charge in [0.15, 0.2) is 0 Å². The number of benzene rings is 2. The first-order valence-electron chi connectivity index (χ1n) is 9.83. The molecule has 0 spiro atoms. The molecule has 9 heteroatoms. The highest BCUT2D eigenvalue weighted by atomic mass is 35.5. The molecule has 31 heavy (non-hydrogen) atoms. The van der Waals surface area contributed by atoms with Crippen molar-refractivity contribution in [2.24, 2.45) is 0 Å². The van der Waals surface area contributed by atoms with Gasteiger partial charge in [-0.2, -0.15) is 5.10 Å². The Labute approximate surface area is 189 Å². The van der Waals surface area contributed by atoms with Crippen molar-refractivity contribution < 1.29 is 19.0 Å². The molecule has 1 fully saturated rings. The minimum Gasteiger partial charge on any atom is -0.463 e. The van der Waals surface area contributed by atoms with E-state index in [0.29, 0.717) is 28.5 Å². The van der Waals surface area contributed by atoms with E-state index in [2.05, 4.69) is 10.1 Å². The van der Waals surface area contributed by atoms with E-state index in [1.54, 1.807) is 29.2 Å². The number of hydrogen-bond acceptors (Lipinski definition) is 6. The molecular formula is C22H21Cl2N3O4. The average Bonchev–Trinajstić information content (AvgIpc) is 3.42. The molecule has 0 amide bonds. The minimum absolute atomic E-state index is 0.0813. The van der Waals surface area contributed by atoms with E-state index in [-0.39, 0.29) is 25.7 Å². The summed E-state index contributed by atoms with van der Waals surface area (Å²) in [6, 6.07) is 14.9. The number of carbonyl (C=O) groups excluding carboxylic acids is 1. The topological polar surface area (TPSA) is 75.5 Å².